The standard InChI is InChI=1S/C16H22ClFO/c1-15(2,3)14-6-4-5-9-16(14,19)12-10-11(18)7-8-13(12)17/h7-8,10,14,19H,4-6,9H2,1-3H3. The summed E-state index contributed by atoms with van der Waals surface area (Å²) in [6.45, 7) is 6.38. The van der Waals surface area contributed by atoms with E-state index in [0.717, 1.165) is 19.3 Å². The summed E-state index contributed by atoms with van der Waals surface area (Å²) in [6, 6.07) is 4.27. The Balaban J connectivity index is 2.51. The molecule has 0 heterocycles. The molecule has 0 spiro atoms. The van der Waals surface area contributed by atoms with Crippen LogP contribution in [-0.2, 0) is 5.60 Å². The van der Waals surface area contributed by atoms with E-state index in [1.807, 2.05) is 0 Å². The van der Waals surface area contributed by atoms with Crippen LogP contribution in [0.5, 0.6) is 0 Å². The largest absolute Gasteiger partial charge is 0.385 e. The molecule has 0 amide bonds. The Hall–Kier alpha value is -0.600. The highest BCUT2D eigenvalue weighted by Crippen LogP contribution is 2.51. The molecule has 2 rings (SSSR count). The van der Waals surface area contributed by atoms with Crippen molar-refractivity contribution in [2.45, 2.75) is 52.1 Å². The van der Waals surface area contributed by atoms with Gasteiger partial charge in [0.2, 0.25) is 0 Å². The van der Waals surface area contributed by atoms with Crippen LogP contribution in [0.4, 0.5) is 4.39 Å². The molecule has 1 aromatic rings. The van der Waals surface area contributed by atoms with Crippen molar-refractivity contribution >= 4 is 11.6 Å². The van der Waals surface area contributed by atoms with E-state index in [4.69, 9.17) is 11.6 Å². The van der Waals surface area contributed by atoms with Crippen molar-refractivity contribution in [1.82, 2.24) is 0 Å². The lowest BCUT2D eigenvalue weighted by atomic mass is 9.61. The molecule has 0 aromatic heterocycles. The highest BCUT2D eigenvalue weighted by molar-refractivity contribution is 6.31. The normalized spacial score (nSPS) is 28.4. The van der Waals surface area contributed by atoms with Crippen LogP contribution in [0.3, 0.4) is 0 Å². The van der Waals surface area contributed by atoms with E-state index < -0.39 is 5.60 Å². The molecule has 2 unspecified atom stereocenters. The molecule has 106 valence electrons. The molecule has 0 radical (unpaired) electrons. The summed E-state index contributed by atoms with van der Waals surface area (Å²) >= 11 is 6.21. The van der Waals surface area contributed by atoms with Gasteiger partial charge in [-0.25, -0.2) is 4.39 Å². The monoisotopic (exact) mass is 284 g/mol. The Morgan fingerprint density at radius 2 is 2.00 bits per heavy atom. The molecule has 0 bridgehead atoms. The molecule has 1 nitrogen and oxygen atoms in total. The van der Waals surface area contributed by atoms with Crippen LogP contribution in [0.15, 0.2) is 18.2 Å². The van der Waals surface area contributed by atoms with Crippen molar-refractivity contribution in [3.8, 4) is 0 Å². The van der Waals surface area contributed by atoms with Gasteiger partial charge in [-0.1, -0.05) is 45.2 Å². The van der Waals surface area contributed by atoms with E-state index in [1.165, 1.54) is 12.1 Å². The lowest BCUT2D eigenvalue weighted by Crippen LogP contribution is -2.44. The number of hydrogen-bond acceptors (Lipinski definition) is 1. The minimum absolute atomic E-state index is 0.0369. The molecule has 1 N–H and O–H groups in total. The lowest BCUT2D eigenvalue weighted by Gasteiger charge is -2.47. The maximum Gasteiger partial charge on any atom is 0.123 e. The molecule has 1 fully saturated rings. The van der Waals surface area contributed by atoms with Crippen molar-refractivity contribution in [3.63, 3.8) is 0 Å². The minimum atomic E-state index is -1.02. The Labute approximate surface area is 119 Å². The number of hydrogen-bond donors (Lipinski definition) is 1. The van der Waals surface area contributed by atoms with E-state index in [1.54, 1.807) is 6.07 Å². The van der Waals surface area contributed by atoms with Crippen LogP contribution in [0.2, 0.25) is 5.02 Å². The first-order valence-electron chi connectivity index (χ1n) is 6.93. The summed E-state index contributed by atoms with van der Waals surface area (Å²) < 4.78 is 13.5. The third-order valence-electron chi connectivity index (χ3n) is 4.32. The predicted molar refractivity (Wildman–Crippen MR) is 76.7 cm³/mol. The molecule has 1 aromatic carbocycles. The highest BCUT2D eigenvalue weighted by Gasteiger charge is 2.46. The van der Waals surface area contributed by atoms with Crippen molar-refractivity contribution in [3.05, 3.63) is 34.6 Å². The topological polar surface area (TPSA) is 20.2 Å². The zero-order valence-electron chi connectivity index (χ0n) is 11.8. The SMILES string of the molecule is CC(C)(C)C1CCCCC1(O)c1cc(F)ccc1Cl. The molecular weight excluding hydrogens is 263 g/mol. The van der Waals surface area contributed by atoms with Gasteiger partial charge >= 0.3 is 0 Å². The number of benzene rings is 1. The van der Waals surface area contributed by atoms with Gasteiger partial charge in [0.15, 0.2) is 0 Å². The van der Waals surface area contributed by atoms with Crippen molar-refractivity contribution in [1.29, 1.82) is 0 Å². The van der Waals surface area contributed by atoms with Crippen LogP contribution < -0.4 is 0 Å². The van der Waals surface area contributed by atoms with E-state index in [0.29, 0.717) is 17.0 Å². The zero-order chi connectivity index (χ0) is 14.3. The van der Waals surface area contributed by atoms with Gasteiger partial charge in [0.05, 0.1) is 5.60 Å². The van der Waals surface area contributed by atoms with Crippen LogP contribution in [0.25, 0.3) is 0 Å². The molecule has 1 aliphatic carbocycles. The fourth-order valence-corrected chi connectivity index (χ4v) is 3.74. The van der Waals surface area contributed by atoms with Gasteiger partial charge in [0.1, 0.15) is 5.82 Å². The predicted octanol–water partition coefficient (Wildman–Crippen LogP) is 4.90. The minimum Gasteiger partial charge on any atom is -0.385 e. The Kier molecular flexibility index (Phi) is 3.95. The molecule has 3 heteroatoms. The zero-order valence-corrected chi connectivity index (χ0v) is 12.6. The van der Waals surface area contributed by atoms with Gasteiger partial charge < -0.3 is 5.11 Å². The molecule has 0 aliphatic heterocycles. The smallest absolute Gasteiger partial charge is 0.123 e. The van der Waals surface area contributed by atoms with Crippen LogP contribution in [0.1, 0.15) is 52.0 Å². The van der Waals surface area contributed by atoms with E-state index in [9.17, 15) is 9.50 Å². The molecule has 1 saturated carbocycles. The maximum atomic E-state index is 13.5. The lowest BCUT2D eigenvalue weighted by molar-refractivity contribution is -0.0960. The fraction of sp³-hybridized carbons (Fsp3) is 0.625. The van der Waals surface area contributed by atoms with Gasteiger partial charge in [0.25, 0.3) is 0 Å². The second-order valence-corrected chi connectivity index (χ2v) is 7.12. The molecule has 19 heavy (non-hydrogen) atoms. The van der Waals surface area contributed by atoms with Crippen molar-refractivity contribution < 1.29 is 9.50 Å². The molecule has 2 atom stereocenters. The fourth-order valence-electron chi connectivity index (χ4n) is 3.46. The highest BCUT2D eigenvalue weighted by atomic mass is 35.5. The van der Waals surface area contributed by atoms with Gasteiger partial charge in [-0.15, -0.1) is 0 Å². The molecule has 0 saturated heterocycles. The first kappa shape index (κ1) is 14.8. The summed E-state index contributed by atoms with van der Waals surface area (Å²) in [6.07, 6.45) is 3.66. The number of rotatable bonds is 1. The van der Waals surface area contributed by atoms with Gasteiger partial charge in [-0.3, -0.25) is 0 Å². The van der Waals surface area contributed by atoms with E-state index in [-0.39, 0.29) is 17.2 Å². The Morgan fingerprint density at radius 1 is 1.32 bits per heavy atom. The second kappa shape index (κ2) is 5.06. The average Bonchev–Trinajstić information content (AvgIpc) is 2.31. The van der Waals surface area contributed by atoms with E-state index in [2.05, 4.69) is 20.8 Å². The van der Waals surface area contributed by atoms with Crippen molar-refractivity contribution in [2.24, 2.45) is 11.3 Å². The second-order valence-electron chi connectivity index (χ2n) is 6.71. The third kappa shape index (κ3) is 2.80. The summed E-state index contributed by atoms with van der Waals surface area (Å²) in [7, 11) is 0. The average molecular weight is 285 g/mol. The summed E-state index contributed by atoms with van der Waals surface area (Å²) in [5.74, 6) is -0.251. The Bertz CT molecular complexity index is 466. The van der Waals surface area contributed by atoms with Gasteiger partial charge in [-0.05, 0) is 42.4 Å². The number of aliphatic hydroxyl groups is 1. The van der Waals surface area contributed by atoms with Crippen LogP contribution >= 0.6 is 11.6 Å². The summed E-state index contributed by atoms with van der Waals surface area (Å²) in [5.41, 5.74) is -0.505. The van der Waals surface area contributed by atoms with Gasteiger partial charge in [-0.2, -0.15) is 0 Å². The van der Waals surface area contributed by atoms with Crippen LogP contribution in [0, 0.1) is 17.2 Å². The Morgan fingerprint density at radius 3 is 2.63 bits per heavy atom. The summed E-state index contributed by atoms with van der Waals surface area (Å²) in [4.78, 5) is 0. The van der Waals surface area contributed by atoms with Crippen LogP contribution in [-0.4, -0.2) is 5.11 Å². The first-order valence-corrected chi connectivity index (χ1v) is 7.31. The van der Waals surface area contributed by atoms with E-state index >= 15 is 0 Å². The maximum absolute atomic E-state index is 13.5. The van der Waals surface area contributed by atoms with Crippen molar-refractivity contribution in [2.75, 3.05) is 0 Å². The third-order valence-corrected chi connectivity index (χ3v) is 4.65. The molecular formula is C16H22ClFO. The first-order chi connectivity index (χ1) is 8.75. The number of halogens is 2. The summed E-state index contributed by atoms with van der Waals surface area (Å²) in [5, 5.41) is 11.7. The molecule has 1 aliphatic rings. The van der Waals surface area contributed by atoms with Gasteiger partial charge in [0, 0.05) is 10.6 Å². The quantitative estimate of drug-likeness (QED) is 0.777.